The van der Waals surface area contributed by atoms with Gasteiger partial charge in [0.15, 0.2) is 0 Å². The number of amidine groups is 1. The fourth-order valence-electron chi connectivity index (χ4n) is 3.04. The molecule has 3 N–H and O–H groups in total. The van der Waals surface area contributed by atoms with Crippen molar-refractivity contribution in [3.05, 3.63) is 70.9 Å². The zero-order valence-corrected chi connectivity index (χ0v) is 15.7. The number of rotatable bonds is 4. The van der Waals surface area contributed by atoms with E-state index < -0.39 is 10.0 Å². The molecule has 3 aromatic rings. The summed E-state index contributed by atoms with van der Waals surface area (Å²) in [6, 6.07) is 14.5. The third kappa shape index (κ3) is 2.97. The molecule has 2 aromatic carbocycles. The minimum atomic E-state index is -3.77. The first-order valence-electron chi connectivity index (χ1n) is 8.41. The van der Waals surface area contributed by atoms with E-state index in [0.29, 0.717) is 23.6 Å². The standard InChI is InChI=1S/C19H18N4O3S/c1-12-13(2)21-26-19(12)22-27(24,25)16-9-7-15(8-10-16)23-11-14-5-3-4-6-17(14)18(23)20/h3-10,20H,11H2,1-2H3,(H,21,22)/p+1. The minimum Gasteiger partial charge on any atom is -0.337 e. The van der Waals surface area contributed by atoms with Gasteiger partial charge in [-0.15, -0.1) is 0 Å². The van der Waals surface area contributed by atoms with Crippen LogP contribution in [0, 0.1) is 13.8 Å². The largest absolute Gasteiger partial charge is 0.337 e. The molecule has 1 aromatic heterocycles. The number of nitrogens with zero attached hydrogens (tertiary/aromatic N) is 2. The van der Waals surface area contributed by atoms with E-state index >= 15 is 0 Å². The molecular weight excluding hydrogens is 364 g/mol. The van der Waals surface area contributed by atoms with Gasteiger partial charge in [-0.3, -0.25) is 5.73 Å². The summed E-state index contributed by atoms with van der Waals surface area (Å²) in [5, 5.41) is 3.76. The van der Waals surface area contributed by atoms with Gasteiger partial charge in [0.25, 0.3) is 15.9 Å². The smallest absolute Gasteiger partial charge is 0.280 e. The number of nitrogens with one attached hydrogen (secondary N) is 1. The fraction of sp³-hybridized carbons (Fsp3) is 0.158. The number of fused-ring (bicyclic) bond motifs is 1. The summed E-state index contributed by atoms with van der Waals surface area (Å²) in [7, 11) is -3.77. The molecule has 0 bridgehead atoms. The van der Waals surface area contributed by atoms with Gasteiger partial charge in [-0.05, 0) is 44.2 Å². The molecule has 0 spiro atoms. The fourth-order valence-corrected chi connectivity index (χ4v) is 4.08. The van der Waals surface area contributed by atoms with Crippen molar-refractivity contribution in [2.24, 2.45) is 5.73 Å². The first kappa shape index (κ1) is 17.3. The summed E-state index contributed by atoms with van der Waals surface area (Å²) in [6.07, 6.45) is 0. The number of hydrogen-bond acceptors (Lipinski definition) is 5. The van der Waals surface area contributed by atoms with Gasteiger partial charge in [-0.2, -0.15) is 0 Å². The molecule has 2 heterocycles. The predicted molar refractivity (Wildman–Crippen MR) is 102 cm³/mol. The van der Waals surface area contributed by atoms with Crippen LogP contribution in [-0.4, -0.2) is 24.0 Å². The number of aromatic nitrogens is 1. The van der Waals surface area contributed by atoms with Crippen molar-refractivity contribution in [2.75, 3.05) is 4.72 Å². The number of sulfonamides is 1. The lowest BCUT2D eigenvalue weighted by Gasteiger charge is -2.07. The quantitative estimate of drug-likeness (QED) is 0.675. The summed E-state index contributed by atoms with van der Waals surface area (Å²) in [4.78, 5) is 0.134. The highest BCUT2D eigenvalue weighted by atomic mass is 32.2. The van der Waals surface area contributed by atoms with E-state index in [4.69, 9.17) is 10.3 Å². The van der Waals surface area contributed by atoms with Crippen molar-refractivity contribution < 1.29 is 17.5 Å². The Morgan fingerprint density at radius 1 is 1.11 bits per heavy atom. The number of nitrogens with two attached hydrogens (primary N) is 1. The number of anilines is 1. The lowest BCUT2D eigenvalue weighted by molar-refractivity contribution is -0.453. The van der Waals surface area contributed by atoms with E-state index in [1.54, 1.807) is 38.1 Å². The van der Waals surface area contributed by atoms with Gasteiger partial charge in [-0.25, -0.2) is 17.7 Å². The number of aryl methyl sites for hydroxylation is 1. The predicted octanol–water partition coefficient (Wildman–Crippen LogP) is 2.66. The SMILES string of the molecule is Cc1noc(NS(=O)(=O)c2ccc([N+]3=C(N)c4ccccc4C3)cc2)c1C. The van der Waals surface area contributed by atoms with Crippen molar-refractivity contribution in [1.82, 2.24) is 5.16 Å². The van der Waals surface area contributed by atoms with Crippen LogP contribution in [0.5, 0.6) is 0 Å². The highest BCUT2D eigenvalue weighted by molar-refractivity contribution is 7.92. The Labute approximate surface area is 157 Å². The van der Waals surface area contributed by atoms with Crippen molar-refractivity contribution in [2.45, 2.75) is 25.3 Å². The Morgan fingerprint density at radius 2 is 1.81 bits per heavy atom. The topological polar surface area (TPSA) is 101 Å². The molecular formula is C19H19N4O3S+. The van der Waals surface area contributed by atoms with Crippen LogP contribution < -0.4 is 10.5 Å². The van der Waals surface area contributed by atoms with Gasteiger partial charge in [0, 0.05) is 11.1 Å². The molecule has 0 radical (unpaired) electrons. The summed E-state index contributed by atoms with van der Waals surface area (Å²) >= 11 is 0. The Morgan fingerprint density at radius 3 is 2.44 bits per heavy atom. The normalized spacial score (nSPS) is 13.7. The van der Waals surface area contributed by atoms with Crippen LogP contribution in [0.1, 0.15) is 22.4 Å². The van der Waals surface area contributed by atoms with Crippen LogP contribution >= 0.6 is 0 Å². The number of hydrogen-bond donors (Lipinski definition) is 2. The molecule has 4 rings (SSSR count). The van der Waals surface area contributed by atoms with Crippen LogP contribution in [-0.2, 0) is 16.6 Å². The highest BCUT2D eigenvalue weighted by Gasteiger charge is 2.26. The zero-order chi connectivity index (χ0) is 19.2. The van der Waals surface area contributed by atoms with Gasteiger partial charge in [0.2, 0.25) is 5.88 Å². The third-order valence-corrected chi connectivity index (χ3v) is 6.10. The van der Waals surface area contributed by atoms with Crippen LogP contribution in [0.15, 0.2) is 57.9 Å². The van der Waals surface area contributed by atoms with E-state index in [1.165, 1.54) is 0 Å². The maximum absolute atomic E-state index is 12.6. The average molecular weight is 383 g/mol. The minimum absolute atomic E-state index is 0.129. The molecule has 1 aliphatic rings. The Kier molecular flexibility index (Phi) is 4.00. The van der Waals surface area contributed by atoms with Gasteiger partial charge < -0.3 is 4.52 Å². The second-order valence-corrected chi connectivity index (χ2v) is 8.13. The molecule has 8 heteroatoms. The van der Waals surface area contributed by atoms with Crippen LogP contribution in [0.3, 0.4) is 0 Å². The van der Waals surface area contributed by atoms with E-state index in [0.717, 1.165) is 16.8 Å². The summed E-state index contributed by atoms with van der Waals surface area (Å²) in [5.74, 6) is 0.788. The monoisotopic (exact) mass is 383 g/mol. The van der Waals surface area contributed by atoms with Crippen LogP contribution in [0.25, 0.3) is 0 Å². The first-order valence-corrected chi connectivity index (χ1v) is 9.89. The Balaban J connectivity index is 1.61. The molecule has 0 amide bonds. The first-order chi connectivity index (χ1) is 12.9. The third-order valence-electron chi connectivity index (χ3n) is 4.76. The highest BCUT2D eigenvalue weighted by Crippen LogP contribution is 2.26. The maximum Gasteiger partial charge on any atom is 0.280 e. The summed E-state index contributed by atoms with van der Waals surface area (Å²) in [6.45, 7) is 4.15. The van der Waals surface area contributed by atoms with Crippen molar-refractivity contribution >= 4 is 27.4 Å². The molecule has 1 aliphatic heterocycles. The van der Waals surface area contributed by atoms with E-state index in [9.17, 15) is 8.42 Å². The van der Waals surface area contributed by atoms with Gasteiger partial charge in [0.05, 0.1) is 16.2 Å². The second kappa shape index (κ2) is 6.24. The molecule has 0 unspecified atom stereocenters. The maximum atomic E-state index is 12.6. The molecule has 0 saturated heterocycles. The van der Waals surface area contributed by atoms with Crippen molar-refractivity contribution in [1.29, 1.82) is 0 Å². The number of benzene rings is 2. The summed E-state index contributed by atoms with van der Waals surface area (Å²) < 4.78 is 34.6. The van der Waals surface area contributed by atoms with Crippen molar-refractivity contribution in [3.8, 4) is 0 Å². The summed E-state index contributed by atoms with van der Waals surface area (Å²) in [5.41, 5.74) is 10.5. The van der Waals surface area contributed by atoms with Crippen molar-refractivity contribution in [3.63, 3.8) is 0 Å². The molecule has 138 valence electrons. The van der Waals surface area contributed by atoms with E-state index in [1.807, 2.05) is 28.8 Å². The van der Waals surface area contributed by atoms with Gasteiger partial charge >= 0.3 is 0 Å². The molecule has 0 atom stereocenters. The Hall–Kier alpha value is -3.13. The molecule has 27 heavy (non-hydrogen) atoms. The lowest BCUT2D eigenvalue weighted by atomic mass is 10.1. The second-order valence-electron chi connectivity index (χ2n) is 6.45. The molecule has 0 aliphatic carbocycles. The van der Waals surface area contributed by atoms with Gasteiger partial charge in [0.1, 0.15) is 12.2 Å². The van der Waals surface area contributed by atoms with Crippen LogP contribution in [0.2, 0.25) is 0 Å². The Bertz CT molecular complexity index is 1160. The van der Waals surface area contributed by atoms with E-state index in [-0.39, 0.29) is 10.8 Å². The molecule has 0 saturated carbocycles. The van der Waals surface area contributed by atoms with Gasteiger partial charge in [-0.1, -0.05) is 23.4 Å². The van der Waals surface area contributed by atoms with Crippen LogP contribution in [0.4, 0.5) is 11.6 Å². The lowest BCUT2D eigenvalue weighted by Crippen LogP contribution is -2.20. The molecule has 7 nitrogen and oxygen atoms in total. The average Bonchev–Trinajstić information content (AvgIpc) is 3.16. The van der Waals surface area contributed by atoms with E-state index in [2.05, 4.69) is 9.88 Å². The molecule has 0 fully saturated rings. The zero-order valence-electron chi connectivity index (χ0n) is 14.9.